The molecular formula is C9H8ClN3O2. The largest absolute Gasteiger partial charge is 0.353 e. The summed E-state index contributed by atoms with van der Waals surface area (Å²) in [5, 5.41) is 2.56. The molecule has 0 spiro atoms. The van der Waals surface area contributed by atoms with Gasteiger partial charge >= 0.3 is 0 Å². The number of rotatable bonds is 1. The van der Waals surface area contributed by atoms with Gasteiger partial charge in [0, 0.05) is 11.9 Å². The van der Waals surface area contributed by atoms with E-state index in [2.05, 4.69) is 10.3 Å². The van der Waals surface area contributed by atoms with Crippen molar-refractivity contribution in [3.8, 4) is 0 Å². The maximum Gasteiger partial charge on any atom is 0.246 e. The number of hydrogen-bond donors (Lipinski definition) is 1. The van der Waals surface area contributed by atoms with Crippen molar-refractivity contribution in [3.63, 3.8) is 0 Å². The number of imide groups is 1. The third kappa shape index (κ3) is 2.24. The standard InChI is InChI=1S/C9H8ClN3O2/c10-7-3-6(1-2-11-7)13-4-8(14)12-9(15)5-13/h1-3H,4-5H2,(H,12,14,15). The second kappa shape index (κ2) is 3.86. The summed E-state index contributed by atoms with van der Waals surface area (Å²) < 4.78 is 0. The van der Waals surface area contributed by atoms with E-state index in [9.17, 15) is 9.59 Å². The minimum Gasteiger partial charge on any atom is -0.353 e. The number of halogens is 1. The average Bonchev–Trinajstić information content (AvgIpc) is 2.16. The highest BCUT2D eigenvalue weighted by Crippen LogP contribution is 2.17. The van der Waals surface area contributed by atoms with E-state index < -0.39 is 0 Å². The lowest BCUT2D eigenvalue weighted by molar-refractivity contribution is -0.130. The Balaban J connectivity index is 2.23. The Labute approximate surface area is 91.0 Å². The Morgan fingerprint density at radius 1 is 1.33 bits per heavy atom. The van der Waals surface area contributed by atoms with E-state index >= 15 is 0 Å². The van der Waals surface area contributed by atoms with Crippen LogP contribution in [0.2, 0.25) is 5.15 Å². The molecule has 1 aliphatic rings. The van der Waals surface area contributed by atoms with E-state index in [4.69, 9.17) is 11.6 Å². The maximum absolute atomic E-state index is 11.1. The molecule has 0 aliphatic carbocycles. The molecule has 0 radical (unpaired) electrons. The highest BCUT2D eigenvalue weighted by molar-refractivity contribution is 6.29. The van der Waals surface area contributed by atoms with Gasteiger partial charge in [0.05, 0.1) is 13.1 Å². The van der Waals surface area contributed by atoms with Crippen LogP contribution in [0.5, 0.6) is 0 Å². The number of anilines is 1. The van der Waals surface area contributed by atoms with Crippen LogP contribution in [0.25, 0.3) is 0 Å². The van der Waals surface area contributed by atoms with Crippen LogP contribution in [0.1, 0.15) is 0 Å². The molecule has 1 aliphatic heterocycles. The number of carbonyl (C=O) groups is 2. The van der Waals surface area contributed by atoms with Crippen LogP contribution in [-0.4, -0.2) is 29.9 Å². The zero-order valence-electron chi connectivity index (χ0n) is 7.74. The normalized spacial score (nSPS) is 16.5. The summed E-state index contributed by atoms with van der Waals surface area (Å²) in [7, 11) is 0. The fourth-order valence-electron chi connectivity index (χ4n) is 1.41. The van der Waals surface area contributed by atoms with E-state index in [1.165, 1.54) is 6.20 Å². The molecule has 2 rings (SSSR count). The molecule has 2 heterocycles. The first-order valence-electron chi connectivity index (χ1n) is 4.34. The van der Waals surface area contributed by atoms with Gasteiger partial charge in [-0.15, -0.1) is 0 Å². The molecule has 1 aromatic heterocycles. The molecule has 0 bridgehead atoms. The zero-order chi connectivity index (χ0) is 10.8. The summed E-state index contributed by atoms with van der Waals surface area (Å²) in [5.41, 5.74) is 0.721. The van der Waals surface area contributed by atoms with Crippen molar-refractivity contribution in [2.45, 2.75) is 0 Å². The smallest absolute Gasteiger partial charge is 0.246 e. The maximum atomic E-state index is 11.1. The zero-order valence-corrected chi connectivity index (χ0v) is 8.49. The van der Waals surface area contributed by atoms with E-state index in [1.807, 2.05) is 0 Å². The number of pyridine rings is 1. The first-order chi connectivity index (χ1) is 7.15. The number of nitrogens with zero attached hydrogens (tertiary/aromatic N) is 2. The summed E-state index contributed by atoms with van der Waals surface area (Å²) in [6.07, 6.45) is 1.54. The molecule has 1 saturated heterocycles. The third-order valence-corrected chi connectivity index (χ3v) is 2.23. The Hall–Kier alpha value is -1.62. The summed E-state index contributed by atoms with van der Waals surface area (Å²) in [5.74, 6) is -0.613. The van der Waals surface area contributed by atoms with Crippen LogP contribution in [-0.2, 0) is 9.59 Å². The fraction of sp³-hybridized carbons (Fsp3) is 0.222. The highest BCUT2D eigenvalue weighted by atomic mass is 35.5. The lowest BCUT2D eigenvalue weighted by atomic mass is 10.3. The second-order valence-corrected chi connectivity index (χ2v) is 3.55. The number of hydrogen-bond acceptors (Lipinski definition) is 4. The highest BCUT2D eigenvalue weighted by Gasteiger charge is 2.22. The molecule has 5 nitrogen and oxygen atoms in total. The molecule has 15 heavy (non-hydrogen) atoms. The monoisotopic (exact) mass is 225 g/mol. The van der Waals surface area contributed by atoms with Crippen molar-refractivity contribution in [3.05, 3.63) is 23.5 Å². The lowest BCUT2D eigenvalue weighted by Gasteiger charge is -2.27. The van der Waals surface area contributed by atoms with E-state index in [0.29, 0.717) is 5.15 Å². The predicted octanol–water partition coefficient (Wildman–Crippen LogP) is 0.198. The fourth-order valence-corrected chi connectivity index (χ4v) is 1.58. The van der Waals surface area contributed by atoms with Gasteiger partial charge in [-0.25, -0.2) is 4.98 Å². The first kappa shape index (κ1) is 9.92. The summed E-state index contributed by atoms with van der Waals surface area (Å²) in [6, 6.07) is 3.32. The van der Waals surface area contributed by atoms with Crippen LogP contribution in [0.15, 0.2) is 18.3 Å². The Morgan fingerprint density at radius 3 is 2.60 bits per heavy atom. The number of aromatic nitrogens is 1. The van der Waals surface area contributed by atoms with Crippen molar-refractivity contribution >= 4 is 29.1 Å². The van der Waals surface area contributed by atoms with Gasteiger partial charge in [0.2, 0.25) is 11.8 Å². The van der Waals surface area contributed by atoms with Crippen molar-refractivity contribution in [2.75, 3.05) is 18.0 Å². The Morgan fingerprint density at radius 2 is 2.00 bits per heavy atom. The van der Waals surface area contributed by atoms with Gasteiger partial charge in [0.1, 0.15) is 5.15 Å². The Bertz CT molecular complexity index is 406. The molecule has 1 fully saturated rings. The molecule has 78 valence electrons. The van der Waals surface area contributed by atoms with Crippen molar-refractivity contribution in [2.24, 2.45) is 0 Å². The molecule has 0 aromatic carbocycles. The lowest BCUT2D eigenvalue weighted by Crippen LogP contribution is -2.51. The first-order valence-corrected chi connectivity index (χ1v) is 4.72. The number of carbonyl (C=O) groups excluding carboxylic acids is 2. The van der Waals surface area contributed by atoms with Crippen LogP contribution < -0.4 is 10.2 Å². The topological polar surface area (TPSA) is 62.3 Å². The summed E-state index contributed by atoms with van der Waals surface area (Å²) in [6.45, 7) is 0.318. The van der Waals surface area contributed by atoms with Gasteiger partial charge < -0.3 is 4.90 Å². The number of nitrogens with one attached hydrogen (secondary N) is 1. The minimum absolute atomic E-state index is 0.159. The van der Waals surface area contributed by atoms with Gasteiger partial charge in [0.15, 0.2) is 0 Å². The van der Waals surface area contributed by atoms with Crippen LogP contribution >= 0.6 is 11.6 Å². The average molecular weight is 226 g/mol. The van der Waals surface area contributed by atoms with Gasteiger partial charge in [0.25, 0.3) is 0 Å². The minimum atomic E-state index is -0.306. The number of amides is 2. The van der Waals surface area contributed by atoms with Crippen LogP contribution in [0.3, 0.4) is 0 Å². The molecule has 0 atom stereocenters. The summed E-state index contributed by atoms with van der Waals surface area (Å²) in [4.78, 5) is 27.7. The van der Waals surface area contributed by atoms with E-state index in [0.717, 1.165) is 5.69 Å². The number of piperazine rings is 1. The van der Waals surface area contributed by atoms with Crippen LogP contribution in [0, 0.1) is 0 Å². The van der Waals surface area contributed by atoms with Crippen molar-refractivity contribution in [1.29, 1.82) is 0 Å². The molecule has 1 N–H and O–H groups in total. The predicted molar refractivity (Wildman–Crippen MR) is 54.6 cm³/mol. The van der Waals surface area contributed by atoms with Gasteiger partial charge in [-0.05, 0) is 12.1 Å². The van der Waals surface area contributed by atoms with Crippen LogP contribution in [0.4, 0.5) is 5.69 Å². The molecule has 6 heteroatoms. The molecule has 0 unspecified atom stereocenters. The van der Waals surface area contributed by atoms with E-state index in [-0.39, 0.29) is 24.9 Å². The van der Waals surface area contributed by atoms with Crippen molar-refractivity contribution in [1.82, 2.24) is 10.3 Å². The van der Waals surface area contributed by atoms with Gasteiger partial charge in [-0.3, -0.25) is 14.9 Å². The molecule has 0 saturated carbocycles. The van der Waals surface area contributed by atoms with Crippen molar-refractivity contribution < 1.29 is 9.59 Å². The molecular weight excluding hydrogens is 218 g/mol. The van der Waals surface area contributed by atoms with Gasteiger partial charge in [-0.1, -0.05) is 11.6 Å². The second-order valence-electron chi connectivity index (χ2n) is 3.16. The SMILES string of the molecule is O=C1CN(c2ccnc(Cl)c2)CC(=O)N1. The molecule has 2 amide bonds. The van der Waals surface area contributed by atoms with E-state index in [1.54, 1.807) is 17.0 Å². The third-order valence-electron chi connectivity index (χ3n) is 2.02. The summed E-state index contributed by atoms with van der Waals surface area (Å²) >= 11 is 5.71. The molecule has 1 aromatic rings. The van der Waals surface area contributed by atoms with Gasteiger partial charge in [-0.2, -0.15) is 0 Å². The quantitative estimate of drug-likeness (QED) is 0.548. The Kier molecular flexibility index (Phi) is 2.55.